The van der Waals surface area contributed by atoms with Crippen LogP contribution in [0.25, 0.3) is 11.3 Å². The van der Waals surface area contributed by atoms with Gasteiger partial charge in [-0.1, -0.05) is 32.0 Å². The lowest BCUT2D eigenvalue weighted by Gasteiger charge is -2.21. The number of phenolic OH excluding ortho intramolecular Hbond substituents is 1. The smallest absolute Gasteiger partial charge is 0.374 e. The number of carboxylic acids is 1. The van der Waals surface area contributed by atoms with Gasteiger partial charge in [0.25, 0.3) is 0 Å². The van der Waals surface area contributed by atoms with Crippen molar-refractivity contribution in [2.45, 2.75) is 33.1 Å². The van der Waals surface area contributed by atoms with Crippen LogP contribution in [0.1, 0.15) is 42.5 Å². The van der Waals surface area contributed by atoms with Crippen LogP contribution in [0.5, 0.6) is 5.75 Å². The number of phenols is 1. The molecule has 20 heavy (non-hydrogen) atoms. The maximum Gasteiger partial charge on any atom is 0.374 e. The van der Waals surface area contributed by atoms with E-state index in [2.05, 4.69) is 5.16 Å². The zero-order valence-corrected chi connectivity index (χ0v) is 11.9. The highest BCUT2D eigenvalue weighted by molar-refractivity contribution is 5.86. The Hall–Kier alpha value is -2.30. The third-order valence-electron chi connectivity index (χ3n) is 3.15. The van der Waals surface area contributed by atoms with Crippen LogP contribution >= 0.6 is 0 Å². The molecule has 2 rings (SSSR count). The molecule has 0 radical (unpaired) electrons. The zero-order chi connectivity index (χ0) is 15.1. The molecule has 0 aliphatic carbocycles. The van der Waals surface area contributed by atoms with Gasteiger partial charge in [0.15, 0.2) is 0 Å². The van der Waals surface area contributed by atoms with Gasteiger partial charge in [0.1, 0.15) is 11.4 Å². The molecule has 0 aliphatic heterocycles. The van der Waals surface area contributed by atoms with E-state index in [0.717, 1.165) is 11.1 Å². The first-order valence-corrected chi connectivity index (χ1v) is 6.24. The average Bonchev–Trinajstić information content (AvgIpc) is 2.79. The van der Waals surface area contributed by atoms with Crippen molar-refractivity contribution in [1.82, 2.24) is 5.16 Å². The Morgan fingerprint density at radius 3 is 2.40 bits per heavy atom. The number of hydrogen-bond acceptors (Lipinski definition) is 4. The van der Waals surface area contributed by atoms with Crippen molar-refractivity contribution < 1.29 is 19.5 Å². The molecule has 5 nitrogen and oxygen atoms in total. The van der Waals surface area contributed by atoms with Crippen molar-refractivity contribution >= 4 is 5.97 Å². The first-order valence-electron chi connectivity index (χ1n) is 6.24. The molecule has 2 N–H and O–H groups in total. The molecule has 106 valence electrons. The molecule has 0 fully saturated rings. The quantitative estimate of drug-likeness (QED) is 0.878. The summed E-state index contributed by atoms with van der Waals surface area (Å²) in [4.78, 5) is 10.8. The molecule has 0 amide bonds. The van der Waals surface area contributed by atoms with Crippen LogP contribution in [0.2, 0.25) is 0 Å². The largest absolute Gasteiger partial charge is 0.508 e. The van der Waals surface area contributed by atoms with Gasteiger partial charge in [-0.3, -0.25) is 0 Å². The van der Waals surface area contributed by atoms with Crippen molar-refractivity contribution in [2.24, 2.45) is 0 Å². The summed E-state index contributed by atoms with van der Waals surface area (Å²) < 4.78 is 4.74. The number of aromatic hydroxyl groups is 1. The number of hydrogen-bond donors (Lipinski definition) is 2. The van der Waals surface area contributed by atoms with Crippen LogP contribution < -0.4 is 0 Å². The molecular formula is C15H17NO4. The summed E-state index contributed by atoms with van der Waals surface area (Å²) >= 11 is 0. The Balaban J connectivity index is 2.53. The Morgan fingerprint density at radius 1 is 1.25 bits per heavy atom. The second-order valence-corrected chi connectivity index (χ2v) is 5.82. The van der Waals surface area contributed by atoms with Crippen molar-refractivity contribution in [1.29, 1.82) is 0 Å². The predicted molar refractivity (Wildman–Crippen MR) is 74.0 cm³/mol. The Labute approximate surface area is 116 Å². The van der Waals surface area contributed by atoms with Crippen LogP contribution in [-0.4, -0.2) is 21.3 Å². The van der Waals surface area contributed by atoms with E-state index in [4.69, 9.17) is 9.63 Å². The van der Waals surface area contributed by atoms with E-state index in [9.17, 15) is 9.90 Å². The number of carbonyl (C=O) groups is 1. The number of benzene rings is 1. The maximum atomic E-state index is 10.8. The first kappa shape index (κ1) is 14.1. The Morgan fingerprint density at radius 2 is 1.90 bits per heavy atom. The summed E-state index contributed by atoms with van der Waals surface area (Å²) in [6, 6.07) is 4.83. The van der Waals surface area contributed by atoms with Crippen molar-refractivity contribution in [3.63, 3.8) is 0 Å². The third kappa shape index (κ3) is 2.52. The van der Waals surface area contributed by atoms with E-state index in [1.807, 2.05) is 33.8 Å². The van der Waals surface area contributed by atoms with Crippen molar-refractivity contribution in [3.8, 4) is 17.0 Å². The number of nitrogens with zero attached hydrogens (tertiary/aromatic N) is 1. The van der Waals surface area contributed by atoms with E-state index in [0.29, 0.717) is 11.3 Å². The fourth-order valence-corrected chi connectivity index (χ4v) is 2.08. The Kier molecular flexibility index (Phi) is 3.29. The Bertz CT molecular complexity index is 665. The summed E-state index contributed by atoms with van der Waals surface area (Å²) in [6.45, 7) is 7.93. The van der Waals surface area contributed by atoms with Gasteiger partial charge in [-0.05, 0) is 29.5 Å². The third-order valence-corrected chi connectivity index (χ3v) is 3.15. The molecule has 0 saturated carbocycles. The van der Waals surface area contributed by atoms with E-state index < -0.39 is 5.97 Å². The molecule has 1 heterocycles. The van der Waals surface area contributed by atoms with Gasteiger partial charge in [-0.2, -0.15) is 0 Å². The minimum atomic E-state index is -1.17. The highest BCUT2D eigenvalue weighted by Crippen LogP contribution is 2.36. The van der Waals surface area contributed by atoms with Crippen LogP contribution in [-0.2, 0) is 5.41 Å². The molecule has 0 spiro atoms. The topological polar surface area (TPSA) is 83.6 Å². The molecule has 0 atom stereocenters. The minimum absolute atomic E-state index is 0.165. The van der Waals surface area contributed by atoms with Crippen LogP contribution in [0.15, 0.2) is 22.7 Å². The second-order valence-electron chi connectivity index (χ2n) is 5.82. The lowest BCUT2D eigenvalue weighted by atomic mass is 9.84. The number of carboxylic acid groups (broad SMARTS) is 1. The van der Waals surface area contributed by atoms with Gasteiger partial charge in [0.2, 0.25) is 5.76 Å². The average molecular weight is 275 g/mol. The summed E-state index contributed by atoms with van der Waals surface area (Å²) in [7, 11) is 0. The van der Waals surface area contributed by atoms with Crippen LogP contribution in [0, 0.1) is 6.92 Å². The van der Waals surface area contributed by atoms with Crippen molar-refractivity contribution in [2.75, 3.05) is 0 Å². The first-order chi connectivity index (χ1) is 9.20. The number of aromatic carboxylic acids is 1. The zero-order valence-electron chi connectivity index (χ0n) is 11.9. The minimum Gasteiger partial charge on any atom is -0.508 e. The highest BCUT2D eigenvalue weighted by atomic mass is 16.5. The van der Waals surface area contributed by atoms with Gasteiger partial charge >= 0.3 is 5.97 Å². The number of aromatic nitrogens is 1. The molecule has 0 aliphatic rings. The van der Waals surface area contributed by atoms with Crippen molar-refractivity contribution in [3.05, 3.63) is 35.1 Å². The van der Waals surface area contributed by atoms with Gasteiger partial charge < -0.3 is 14.7 Å². The van der Waals surface area contributed by atoms with E-state index in [1.54, 1.807) is 6.07 Å². The number of rotatable bonds is 2. The fourth-order valence-electron chi connectivity index (χ4n) is 2.08. The second kappa shape index (κ2) is 4.67. The normalized spacial score (nSPS) is 11.6. The monoisotopic (exact) mass is 275 g/mol. The fraction of sp³-hybridized carbons (Fsp3) is 0.333. The van der Waals surface area contributed by atoms with Gasteiger partial charge in [-0.25, -0.2) is 4.79 Å². The summed E-state index contributed by atoms with van der Waals surface area (Å²) in [5.74, 6) is -1.23. The molecule has 5 heteroatoms. The molecule has 0 unspecified atom stereocenters. The number of aryl methyl sites for hydroxylation is 1. The van der Waals surface area contributed by atoms with Gasteiger partial charge in [0.05, 0.1) is 0 Å². The summed E-state index contributed by atoms with van der Waals surface area (Å²) in [5, 5.41) is 22.7. The van der Waals surface area contributed by atoms with Crippen LogP contribution in [0.3, 0.4) is 0 Å². The molecule has 0 bridgehead atoms. The molecule has 0 saturated heterocycles. The van der Waals surface area contributed by atoms with E-state index in [-0.39, 0.29) is 16.9 Å². The molecule has 1 aromatic heterocycles. The SMILES string of the molecule is Cc1cc(C(C)(C)C)c(O)cc1-c1cc(C(=O)O)on1. The summed E-state index contributed by atoms with van der Waals surface area (Å²) in [6.07, 6.45) is 0. The molecular weight excluding hydrogens is 258 g/mol. The standard InChI is InChI=1S/C15H17NO4/c1-8-5-10(15(2,3)4)12(17)6-9(8)11-7-13(14(18)19)20-16-11/h5-7,17H,1-4H3,(H,18,19). The molecule has 1 aromatic carbocycles. The van der Waals surface area contributed by atoms with Gasteiger partial charge in [0, 0.05) is 11.6 Å². The lowest BCUT2D eigenvalue weighted by Crippen LogP contribution is -2.11. The highest BCUT2D eigenvalue weighted by Gasteiger charge is 2.21. The molecule has 2 aromatic rings. The van der Waals surface area contributed by atoms with Gasteiger partial charge in [-0.15, -0.1) is 0 Å². The van der Waals surface area contributed by atoms with E-state index in [1.165, 1.54) is 6.07 Å². The van der Waals surface area contributed by atoms with Crippen LogP contribution in [0.4, 0.5) is 0 Å². The maximum absolute atomic E-state index is 10.8. The van der Waals surface area contributed by atoms with E-state index >= 15 is 0 Å². The summed E-state index contributed by atoms with van der Waals surface area (Å²) in [5.41, 5.74) is 2.62. The predicted octanol–water partition coefficient (Wildman–Crippen LogP) is 3.35. The lowest BCUT2D eigenvalue weighted by molar-refractivity contribution is 0.0652.